The molecular formula is C50H29N5. The Labute approximate surface area is 316 Å². The van der Waals surface area contributed by atoms with Crippen molar-refractivity contribution in [2.24, 2.45) is 0 Å². The van der Waals surface area contributed by atoms with E-state index in [0.717, 1.165) is 71.8 Å². The van der Waals surface area contributed by atoms with Gasteiger partial charge in [0.25, 0.3) is 0 Å². The van der Waals surface area contributed by atoms with Gasteiger partial charge < -0.3 is 13.7 Å². The number of hydrogen-bond donors (Lipinski definition) is 0. The van der Waals surface area contributed by atoms with Gasteiger partial charge in [0.15, 0.2) is 5.69 Å². The molecule has 0 aliphatic heterocycles. The number of para-hydroxylation sites is 4. The van der Waals surface area contributed by atoms with E-state index < -0.39 is 0 Å². The average molecular weight is 700 g/mol. The number of fused-ring (bicyclic) bond motifs is 9. The van der Waals surface area contributed by atoms with E-state index in [1.165, 1.54) is 21.8 Å². The number of nitrogens with zero attached hydrogens (tertiary/aromatic N) is 5. The molecule has 0 bridgehead atoms. The molecule has 0 radical (unpaired) electrons. The van der Waals surface area contributed by atoms with Crippen LogP contribution in [0.5, 0.6) is 0 Å². The molecule has 5 heteroatoms. The molecule has 0 saturated heterocycles. The molecule has 0 aliphatic rings. The zero-order valence-corrected chi connectivity index (χ0v) is 29.5. The molecule has 0 saturated carbocycles. The Kier molecular flexibility index (Phi) is 6.61. The van der Waals surface area contributed by atoms with Gasteiger partial charge in [-0.2, -0.15) is 5.26 Å². The number of hydrogen-bond acceptors (Lipinski definition) is 1. The Morgan fingerprint density at radius 3 is 1.55 bits per heavy atom. The second-order valence-electron chi connectivity index (χ2n) is 14.0. The lowest BCUT2D eigenvalue weighted by molar-refractivity contribution is 1.16. The first-order valence-electron chi connectivity index (χ1n) is 18.3. The van der Waals surface area contributed by atoms with Gasteiger partial charge in [0.05, 0.1) is 57.0 Å². The monoisotopic (exact) mass is 699 g/mol. The van der Waals surface area contributed by atoms with E-state index in [1.54, 1.807) is 0 Å². The summed E-state index contributed by atoms with van der Waals surface area (Å²) < 4.78 is 6.98. The number of nitriles is 1. The maximum atomic E-state index is 10.1. The third-order valence-electron chi connectivity index (χ3n) is 11.1. The van der Waals surface area contributed by atoms with E-state index in [0.29, 0.717) is 11.3 Å². The van der Waals surface area contributed by atoms with Crippen LogP contribution in [0.1, 0.15) is 5.56 Å². The zero-order valence-electron chi connectivity index (χ0n) is 29.5. The highest BCUT2D eigenvalue weighted by atomic mass is 15.0. The van der Waals surface area contributed by atoms with Gasteiger partial charge in [-0.3, -0.25) is 0 Å². The smallest absolute Gasteiger partial charge is 0.188 e. The largest absolute Gasteiger partial charge is 0.309 e. The Morgan fingerprint density at radius 1 is 0.418 bits per heavy atom. The van der Waals surface area contributed by atoms with Crippen LogP contribution in [0.25, 0.3) is 98.5 Å². The maximum Gasteiger partial charge on any atom is 0.188 e. The fourth-order valence-electron chi connectivity index (χ4n) is 8.71. The van der Waals surface area contributed by atoms with Crippen LogP contribution in [0.15, 0.2) is 176 Å². The van der Waals surface area contributed by atoms with Crippen molar-refractivity contribution in [1.29, 1.82) is 5.26 Å². The lowest BCUT2D eigenvalue weighted by Crippen LogP contribution is -2.00. The van der Waals surface area contributed by atoms with E-state index in [9.17, 15) is 5.26 Å². The van der Waals surface area contributed by atoms with Crippen LogP contribution >= 0.6 is 0 Å². The Balaban J connectivity index is 1.14. The molecule has 0 spiro atoms. The van der Waals surface area contributed by atoms with Gasteiger partial charge in [0.2, 0.25) is 0 Å². The van der Waals surface area contributed by atoms with Gasteiger partial charge in [0, 0.05) is 43.9 Å². The van der Waals surface area contributed by atoms with Crippen LogP contribution in [-0.4, -0.2) is 13.7 Å². The summed E-state index contributed by atoms with van der Waals surface area (Å²) >= 11 is 0. The van der Waals surface area contributed by atoms with Gasteiger partial charge in [-0.05, 0) is 95.9 Å². The van der Waals surface area contributed by atoms with Gasteiger partial charge in [-0.15, -0.1) is 0 Å². The molecule has 0 fully saturated rings. The summed E-state index contributed by atoms with van der Waals surface area (Å²) in [6.45, 7) is 7.63. The maximum absolute atomic E-state index is 10.1. The number of benzene rings is 8. The van der Waals surface area contributed by atoms with Crippen molar-refractivity contribution in [2.75, 3.05) is 0 Å². The van der Waals surface area contributed by atoms with E-state index in [4.69, 9.17) is 6.57 Å². The third kappa shape index (κ3) is 4.51. The highest BCUT2D eigenvalue weighted by Gasteiger charge is 2.20. The third-order valence-corrected chi connectivity index (χ3v) is 11.1. The molecule has 5 nitrogen and oxygen atoms in total. The van der Waals surface area contributed by atoms with Crippen molar-refractivity contribution in [1.82, 2.24) is 13.7 Å². The predicted octanol–water partition coefficient (Wildman–Crippen LogP) is 13.1. The molecule has 0 aliphatic carbocycles. The van der Waals surface area contributed by atoms with E-state index in [2.05, 4.69) is 164 Å². The molecule has 3 heterocycles. The molecule has 0 atom stereocenters. The van der Waals surface area contributed by atoms with E-state index in [-0.39, 0.29) is 0 Å². The molecule has 11 aromatic rings. The van der Waals surface area contributed by atoms with Crippen LogP contribution in [-0.2, 0) is 0 Å². The number of aromatic nitrogens is 3. The van der Waals surface area contributed by atoms with Crippen molar-refractivity contribution >= 4 is 71.1 Å². The lowest BCUT2D eigenvalue weighted by atomic mass is 10.00. The second-order valence-corrected chi connectivity index (χ2v) is 14.0. The minimum atomic E-state index is 0.599. The Hall–Kier alpha value is -7.86. The fraction of sp³-hybridized carbons (Fsp3) is 0. The predicted molar refractivity (Wildman–Crippen MR) is 226 cm³/mol. The summed E-state index contributed by atoms with van der Waals surface area (Å²) in [6, 6.07) is 63.8. The first kappa shape index (κ1) is 30.7. The molecule has 254 valence electrons. The van der Waals surface area contributed by atoms with E-state index in [1.807, 2.05) is 36.4 Å². The van der Waals surface area contributed by atoms with Crippen molar-refractivity contribution in [2.45, 2.75) is 0 Å². The fourth-order valence-corrected chi connectivity index (χ4v) is 8.71. The Bertz CT molecular complexity index is 3420. The van der Waals surface area contributed by atoms with Gasteiger partial charge in [0.1, 0.15) is 0 Å². The molecular weight excluding hydrogens is 671 g/mol. The van der Waals surface area contributed by atoms with Crippen LogP contribution in [0.3, 0.4) is 0 Å². The summed E-state index contributed by atoms with van der Waals surface area (Å²) in [4.78, 5) is 3.71. The molecule has 0 N–H and O–H groups in total. The number of rotatable bonds is 4. The van der Waals surface area contributed by atoms with Gasteiger partial charge in [-0.1, -0.05) is 91.0 Å². The zero-order chi connectivity index (χ0) is 36.6. The summed E-state index contributed by atoms with van der Waals surface area (Å²) in [6.07, 6.45) is 0. The SMILES string of the molecule is [C-]#[N+]c1ccc2c(c1)c1ccccc1n2-c1cccc(-c2cc(C#N)ccc2-n2c3ccccc3c3cc(-n4c5ccccc5c5ccccc54)ccc32)c1. The van der Waals surface area contributed by atoms with E-state index >= 15 is 0 Å². The van der Waals surface area contributed by atoms with Gasteiger partial charge in [-0.25, -0.2) is 4.85 Å². The Morgan fingerprint density at radius 2 is 0.927 bits per heavy atom. The van der Waals surface area contributed by atoms with Crippen LogP contribution in [0, 0.1) is 17.9 Å². The molecule has 8 aromatic carbocycles. The molecule has 3 aromatic heterocycles. The summed E-state index contributed by atoms with van der Waals surface area (Å²) in [7, 11) is 0. The van der Waals surface area contributed by atoms with Crippen LogP contribution in [0.2, 0.25) is 0 Å². The highest BCUT2D eigenvalue weighted by molar-refractivity contribution is 6.13. The minimum Gasteiger partial charge on any atom is -0.309 e. The first-order chi connectivity index (χ1) is 27.2. The minimum absolute atomic E-state index is 0.599. The van der Waals surface area contributed by atoms with Crippen molar-refractivity contribution in [3.05, 3.63) is 193 Å². The summed E-state index contributed by atoms with van der Waals surface area (Å²) in [5.74, 6) is 0. The van der Waals surface area contributed by atoms with Crippen LogP contribution < -0.4 is 0 Å². The molecule has 0 amide bonds. The van der Waals surface area contributed by atoms with Crippen molar-refractivity contribution in [3.63, 3.8) is 0 Å². The van der Waals surface area contributed by atoms with Crippen LogP contribution in [0.4, 0.5) is 5.69 Å². The van der Waals surface area contributed by atoms with Crippen molar-refractivity contribution < 1.29 is 0 Å². The lowest BCUT2D eigenvalue weighted by Gasteiger charge is -2.16. The molecule has 11 rings (SSSR count). The molecule has 0 unspecified atom stereocenters. The normalized spacial score (nSPS) is 11.6. The summed E-state index contributed by atoms with van der Waals surface area (Å²) in [5.41, 5.74) is 12.9. The molecule has 55 heavy (non-hydrogen) atoms. The van der Waals surface area contributed by atoms with Gasteiger partial charge >= 0.3 is 0 Å². The first-order valence-corrected chi connectivity index (χ1v) is 18.3. The second kappa shape index (κ2) is 11.8. The topological polar surface area (TPSA) is 42.9 Å². The summed E-state index contributed by atoms with van der Waals surface area (Å²) in [5, 5.41) is 17.1. The average Bonchev–Trinajstić information content (AvgIpc) is 3.88. The quantitative estimate of drug-likeness (QED) is 0.169. The standard InChI is InChI=1S/C50H29N5/c1-52-34-22-25-49-42(29-34)39-15-4-8-19-46(39)53(49)35-12-10-11-33(28-35)41-27-32(31-51)21-24-48(41)55-47-20-9-5-16-40(47)43-30-36(23-26-50(43)55)54-44-17-6-2-13-37(44)38-14-3-7-18-45(38)54/h2-30H. The highest BCUT2D eigenvalue weighted by Crippen LogP contribution is 2.41. The van der Waals surface area contributed by atoms with Crippen molar-refractivity contribution in [3.8, 4) is 34.3 Å².